The lowest BCUT2D eigenvalue weighted by atomic mass is 9.82. The van der Waals surface area contributed by atoms with Gasteiger partial charge in [0.25, 0.3) is 0 Å². The summed E-state index contributed by atoms with van der Waals surface area (Å²) in [5.74, 6) is 0.935. The molecule has 0 heterocycles. The Balaban J connectivity index is 2.19. The van der Waals surface area contributed by atoms with Crippen molar-refractivity contribution in [3.05, 3.63) is 57.6 Å². The minimum atomic E-state index is 0.107. The van der Waals surface area contributed by atoms with Gasteiger partial charge in [-0.05, 0) is 53.6 Å². The van der Waals surface area contributed by atoms with Gasteiger partial charge in [0.05, 0.1) is 10.0 Å². The van der Waals surface area contributed by atoms with Crippen molar-refractivity contribution in [3.8, 4) is 11.5 Å². The van der Waals surface area contributed by atoms with Crippen molar-refractivity contribution < 1.29 is 10.2 Å². The fourth-order valence-corrected chi connectivity index (χ4v) is 3.13. The van der Waals surface area contributed by atoms with Gasteiger partial charge in [-0.1, -0.05) is 55.6 Å². The maximum Gasteiger partial charge on any atom is 0.134 e. The van der Waals surface area contributed by atoms with Crippen molar-refractivity contribution in [2.45, 2.75) is 32.6 Å². The van der Waals surface area contributed by atoms with Gasteiger partial charge in [-0.15, -0.1) is 0 Å². The van der Waals surface area contributed by atoms with Crippen LogP contribution in [0.25, 0.3) is 0 Å². The summed E-state index contributed by atoms with van der Waals surface area (Å²) in [5.41, 5.74) is 2.21. The second-order valence-corrected chi connectivity index (χ2v) is 6.47. The molecule has 0 aliphatic carbocycles. The third-order valence-corrected chi connectivity index (χ3v) is 4.84. The third-order valence-electron chi connectivity index (χ3n) is 4.24. The number of aromatic hydroxyl groups is 2. The quantitative estimate of drug-likeness (QED) is 0.725. The van der Waals surface area contributed by atoms with Gasteiger partial charge in [0, 0.05) is 0 Å². The highest BCUT2D eigenvalue weighted by Crippen LogP contribution is 2.34. The highest BCUT2D eigenvalue weighted by molar-refractivity contribution is 6.32. The Labute approximate surface area is 141 Å². The number of phenolic OH excluding ortho intramolecular Hbond substituents is 2. The lowest BCUT2D eigenvalue weighted by Gasteiger charge is -2.24. The second kappa shape index (κ2) is 7.26. The van der Waals surface area contributed by atoms with Crippen LogP contribution < -0.4 is 0 Å². The summed E-state index contributed by atoms with van der Waals surface area (Å²) >= 11 is 12.0. The highest BCUT2D eigenvalue weighted by Gasteiger charge is 2.19. The third kappa shape index (κ3) is 3.88. The number of phenols is 2. The first kappa shape index (κ1) is 17.0. The molecule has 0 aliphatic rings. The van der Waals surface area contributed by atoms with Gasteiger partial charge in [0.1, 0.15) is 11.5 Å². The summed E-state index contributed by atoms with van der Waals surface area (Å²) < 4.78 is 0. The molecule has 0 fully saturated rings. The molecule has 0 spiro atoms. The summed E-state index contributed by atoms with van der Waals surface area (Å²) in [7, 11) is 0. The van der Waals surface area contributed by atoms with Gasteiger partial charge in [-0.3, -0.25) is 0 Å². The monoisotopic (exact) mass is 338 g/mol. The van der Waals surface area contributed by atoms with Crippen LogP contribution in [-0.2, 0) is 6.42 Å². The number of hydrogen-bond donors (Lipinski definition) is 2. The van der Waals surface area contributed by atoms with Gasteiger partial charge in [0.15, 0.2) is 0 Å². The van der Waals surface area contributed by atoms with E-state index in [1.807, 2.05) is 24.3 Å². The summed E-state index contributed by atoms with van der Waals surface area (Å²) in [5, 5.41) is 19.8. The Morgan fingerprint density at radius 2 is 1.55 bits per heavy atom. The molecule has 0 amide bonds. The molecule has 0 aromatic heterocycles. The van der Waals surface area contributed by atoms with Crippen molar-refractivity contribution in [1.82, 2.24) is 0 Å². The molecule has 2 N–H and O–H groups in total. The SMILES string of the molecule is CCC(Cc1ccc(O)c(Cl)c1)C(C)c1ccc(O)c(Cl)c1. The van der Waals surface area contributed by atoms with Crippen LogP contribution in [0.3, 0.4) is 0 Å². The summed E-state index contributed by atoms with van der Waals surface area (Å²) in [6.45, 7) is 4.32. The molecule has 2 aromatic carbocycles. The van der Waals surface area contributed by atoms with E-state index >= 15 is 0 Å². The van der Waals surface area contributed by atoms with Crippen LogP contribution >= 0.6 is 23.2 Å². The summed E-state index contributed by atoms with van der Waals surface area (Å²) in [6, 6.07) is 10.7. The molecule has 4 heteroatoms. The zero-order valence-corrected chi connectivity index (χ0v) is 14.2. The molecule has 2 nitrogen and oxygen atoms in total. The van der Waals surface area contributed by atoms with Crippen molar-refractivity contribution in [3.63, 3.8) is 0 Å². The van der Waals surface area contributed by atoms with E-state index in [1.165, 1.54) is 0 Å². The lowest BCUT2D eigenvalue weighted by molar-refractivity contribution is 0.427. The normalized spacial score (nSPS) is 13.8. The Bertz CT molecular complexity index is 656. The highest BCUT2D eigenvalue weighted by atomic mass is 35.5. The smallest absolute Gasteiger partial charge is 0.134 e. The maximum absolute atomic E-state index is 9.54. The minimum absolute atomic E-state index is 0.107. The van der Waals surface area contributed by atoms with Gasteiger partial charge < -0.3 is 10.2 Å². The van der Waals surface area contributed by atoms with Crippen LogP contribution in [0.5, 0.6) is 11.5 Å². The van der Waals surface area contributed by atoms with Crippen LogP contribution in [-0.4, -0.2) is 10.2 Å². The van der Waals surface area contributed by atoms with E-state index in [0.29, 0.717) is 21.9 Å². The Hall–Kier alpha value is -1.38. The number of benzene rings is 2. The molecule has 2 atom stereocenters. The Morgan fingerprint density at radius 3 is 2.09 bits per heavy atom. The van der Waals surface area contributed by atoms with E-state index in [9.17, 15) is 10.2 Å². The van der Waals surface area contributed by atoms with E-state index in [0.717, 1.165) is 24.0 Å². The average molecular weight is 339 g/mol. The van der Waals surface area contributed by atoms with Crippen molar-refractivity contribution >= 4 is 23.2 Å². The van der Waals surface area contributed by atoms with E-state index in [1.54, 1.807) is 12.1 Å². The first-order valence-corrected chi connectivity index (χ1v) is 8.13. The molecule has 22 heavy (non-hydrogen) atoms. The van der Waals surface area contributed by atoms with Gasteiger partial charge >= 0.3 is 0 Å². The second-order valence-electron chi connectivity index (χ2n) is 5.66. The van der Waals surface area contributed by atoms with E-state index in [2.05, 4.69) is 13.8 Å². The van der Waals surface area contributed by atoms with Gasteiger partial charge in [0.2, 0.25) is 0 Å². The molecule has 0 saturated heterocycles. The van der Waals surface area contributed by atoms with Crippen LogP contribution in [0.4, 0.5) is 0 Å². The molecule has 2 aromatic rings. The molecule has 0 saturated carbocycles. The average Bonchev–Trinajstić information content (AvgIpc) is 2.50. The van der Waals surface area contributed by atoms with Crippen LogP contribution in [0.15, 0.2) is 36.4 Å². The van der Waals surface area contributed by atoms with Crippen molar-refractivity contribution in [2.75, 3.05) is 0 Å². The minimum Gasteiger partial charge on any atom is -0.506 e. The zero-order valence-electron chi connectivity index (χ0n) is 12.7. The van der Waals surface area contributed by atoms with E-state index in [-0.39, 0.29) is 11.5 Å². The molecule has 118 valence electrons. The topological polar surface area (TPSA) is 40.5 Å². The standard InChI is InChI=1S/C18H20Cl2O2/c1-3-13(8-12-4-6-17(21)15(19)9-12)11(2)14-5-7-18(22)16(20)10-14/h4-7,9-11,13,21-22H,3,8H2,1-2H3. The number of halogens is 2. The van der Waals surface area contributed by atoms with E-state index < -0.39 is 0 Å². The molecular formula is C18H20Cl2O2. The Morgan fingerprint density at radius 1 is 0.955 bits per heavy atom. The molecule has 2 unspecified atom stereocenters. The van der Waals surface area contributed by atoms with E-state index in [4.69, 9.17) is 23.2 Å². The maximum atomic E-state index is 9.54. The zero-order chi connectivity index (χ0) is 16.3. The summed E-state index contributed by atoms with van der Waals surface area (Å²) in [6.07, 6.45) is 1.88. The van der Waals surface area contributed by atoms with Crippen molar-refractivity contribution in [1.29, 1.82) is 0 Å². The molecular weight excluding hydrogens is 319 g/mol. The van der Waals surface area contributed by atoms with Gasteiger partial charge in [-0.25, -0.2) is 0 Å². The molecule has 0 bridgehead atoms. The molecule has 0 radical (unpaired) electrons. The molecule has 2 rings (SSSR count). The van der Waals surface area contributed by atoms with Crippen molar-refractivity contribution in [2.24, 2.45) is 5.92 Å². The Kier molecular flexibility index (Phi) is 5.60. The number of rotatable bonds is 5. The predicted molar refractivity (Wildman–Crippen MR) is 92.1 cm³/mol. The van der Waals surface area contributed by atoms with Crippen LogP contribution in [0.1, 0.15) is 37.3 Å². The first-order valence-electron chi connectivity index (χ1n) is 7.38. The largest absolute Gasteiger partial charge is 0.506 e. The fraction of sp³-hybridized carbons (Fsp3) is 0.333. The van der Waals surface area contributed by atoms with Crippen LogP contribution in [0, 0.1) is 5.92 Å². The van der Waals surface area contributed by atoms with Gasteiger partial charge in [-0.2, -0.15) is 0 Å². The fourth-order valence-electron chi connectivity index (χ4n) is 2.73. The number of hydrogen-bond acceptors (Lipinski definition) is 2. The predicted octanol–water partition coefficient (Wildman–Crippen LogP) is 5.78. The molecule has 0 aliphatic heterocycles. The lowest BCUT2D eigenvalue weighted by Crippen LogP contribution is -2.12. The van der Waals surface area contributed by atoms with Crippen LogP contribution in [0.2, 0.25) is 10.0 Å². The summed E-state index contributed by atoms with van der Waals surface area (Å²) in [4.78, 5) is 0. The first-order chi connectivity index (χ1) is 10.4.